The van der Waals surface area contributed by atoms with E-state index >= 15 is 0 Å². The predicted molar refractivity (Wildman–Crippen MR) is 133 cm³/mol. The molecule has 0 saturated carbocycles. The number of methoxy groups -OCH3 is 1. The third kappa shape index (κ3) is 4.31. The number of aromatic nitrogens is 1. The summed E-state index contributed by atoms with van der Waals surface area (Å²) in [6.45, 7) is 4.84. The minimum atomic E-state index is -0.881. The second-order valence-corrected chi connectivity index (χ2v) is 8.41. The predicted octanol–water partition coefficient (Wildman–Crippen LogP) is 4.58. The Morgan fingerprint density at radius 1 is 1.05 bits per heavy atom. The summed E-state index contributed by atoms with van der Waals surface area (Å²) < 4.78 is 17.2. The first-order valence-corrected chi connectivity index (χ1v) is 11.2. The van der Waals surface area contributed by atoms with Gasteiger partial charge in [-0.15, -0.1) is 0 Å². The largest absolute Gasteiger partial charge is 0.465 e. The Kier molecular flexibility index (Phi) is 6.54. The number of nitrogens with zero attached hydrogens (tertiary/aromatic N) is 2. The Balaban J connectivity index is 2.14. The maximum Gasteiger partial charge on any atom is 0.433 e. The van der Waals surface area contributed by atoms with E-state index in [0.717, 1.165) is 13.2 Å². The number of carbonyl (C=O) groups excluding carboxylic acids is 3. The molecule has 0 fully saturated rings. The number of nitro groups is 1. The summed E-state index contributed by atoms with van der Waals surface area (Å²) in [5.74, 6) is -2.85. The molecule has 0 amide bonds. The normalized spacial score (nSPS) is 11.1. The van der Waals surface area contributed by atoms with Gasteiger partial charge in [-0.3, -0.25) is 19.3 Å². The molecular weight excluding hydrogens is 482 g/mol. The number of ether oxygens (including phenoxy) is 2. The van der Waals surface area contributed by atoms with E-state index in [-0.39, 0.29) is 45.0 Å². The SMILES string of the molecule is COC(=O)c1c(-c2ccc([N+](=O)[O-])o2)c(C(=O)OC(C)C)c(C)n2c(N)c(C(=O)c3ccccc3)cc12. The molecule has 3 aromatic heterocycles. The molecule has 11 nitrogen and oxygen atoms in total. The fourth-order valence-corrected chi connectivity index (χ4v) is 4.18. The van der Waals surface area contributed by atoms with E-state index in [0.29, 0.717) is 5.56 Å². The molecule has 0 bridgehead atoms. The van der Waals surface area contributed by atoms with Crippen LogP contribution in [0.25, 0.3) is 16.8 Å². The highest BCUT2D eigenvalue weighted by atomic mass is 16.6. The number of fused-ring (bicyclic) bond motifs is 1. The number of furan rings is 1. The molecule has 0 unspecified atom stereocenters. The molecule has 11 heteroatoms. The smallest absolute Gasteiger partial charge is 0.433 e. The number of carbonyl (C=O) groups is 3. The van der Waals surface area contributed by atoms with Gasteiger partial charge < -0.3 is 19.6 Å². The van der Waals surface area contributed by atoms with Gasteiger partial charge in [0.1, 0.15) is 16.5 Å². The molecule has 0 aliphatic carbocycles. The van der Waals surface area contributed by atoms with Crippen molar-refractivity contribution in [3.63, 3.8) is 0 Å². The standard InChI is InChI=1S/C26H23N3O8/c1-13(2)36-26(32)20-14(3)28-17(12-16(24(28)27)23(30)15-8-6-5-7-9-15)21(25(31)35-4)22(20)18-10-11-19(37-18)29(33)34/h5-13H,27H2,1-4H3. The van der Waals surface area contributed by atoms with Gasteiger partial charge in [0.15, 0.2) is 5.78 Å². The van der Waals surface area contributed by atoms with Crippen molar-refractivity contribution in [1.29, 1.82) is 0 Å². The van der Waals surface area contributed by atoms with Crippen LogP contribution in [-0.2, 0) is 9.47 Å². The summed E-state index contributed by atoms with van der Waals surface area (Å²) in [4.78, 5) is 50.3. The first-order valence-electron chi connectivity index (χ1n) is 11.2. The van der Waals surface area contributed by atoms with Crippen LogP contribution in [0, 0.1) is 17.0 Å². The third-order valence-electron chi connectivity index (χ3n) is 5.73. The number of nitrogen functional groups attached to an aromatic ring is 1. The number of anilines is 1. The van der Waals surface area contributed by atoms with Crippen LogP contribution in [0.15, 0.2) is 52.9 Å². The zero-order chi connectivity index (χ0) is 27.0. The number of nitrogens with two attached hydrogens (primary N) is 1. The summed E-state index contributed by atoms with van der Waals surface area (Å²) in [6, 6.07) is 12.2. The third-order valence-corrected chi connectivity index (χ3v) is 5.73. The lowest BCUT2D eigenvalue weighted by atomic mass is 9.96. The number of hydrogen-bond acceptors (Lipinski definition) is 9. The molecule has 0 saturated heterocycles. The van der Waals surface area contributed by atoms with Gasteiger partial charge in [-0.2, -0.15) is 0 Å². The summed E-state index contributed by atoms with van der Waals surface area (Å²) in [5, 5.41) is 11.3. The van der Waals surface area contributed by atoms with Gasteiger partial charge in [-0.1, -0.05) is 30.3 Å². The summed E-state index contributed by atoms with van der Waals surface area (Å²) in [6.07, 6.45) is -0.528. The highest BCUT2D eigenvalue weighted by Gasteiger charge is 2.33. The summed E-state index contributed by atoms with van der Waals surface area (Å²) >= 11 is 0. The second-order valence-electron chi connectivity index (χ2n) is 8.41. The Morgan fingerprint density at radius 2 is 1.73 bits per heavy atom. The van der Waals surface area contributed by atoms with Crippen LogP contribution >= 0.6 is 0 Å². The Hall–Kier alpha value is -4.93. The average molecular weight is 505 g/mol. The van der Waals surface area contributed by atoms with Gasteiger partial charge >= 0.3 is 17.8 Å². The molecule has 190 valence electrons. The highest BCUT2D eigenvalue weighted by Crippen LogP contribution is 2.39. The van der Waals surface area contributed by atoms with E-state index in [1.165, 1.54) is 16.5 Å². The fraction of sp³-hybridized carbons (Fsp3) is 0.192. The number of ketones is 1. The van der Waals surface area contributed by atoms with Crippen molar-refractivity contribution in [2.45, 2.75) is 26.9 Å². The van der Waals surface area contributed by atoms with Crippen LogP contribution in [0.3, 0.4) is 0 Å². The van der Waals surface area contributed by atoms with Gasteiger partial charge in [0, 0.05) is 11.3 Å². The number of benzene rings is 1. The van der Waals surface area contributed by atoms with E-state index in [4.69, 9.17) is 19.6 Å². The molecule has 0 radical (unpaired) electrons. The van der Waals surface area contributed by atoms with Crippen molar-refractivity contribution in [1.82, 2.24) is 4.40 Å². The molecule has 0 spiro atoms. The van der Waals surface area contributed by atoms with Gasteiger partial charge in [-0.25, -0.2) is 9.59 Å². The van der Waals surface area contributed by atoms with Crippen molar-refractivity contribution >= 4 is 34.9 Å². The van der Waals surface area contributed by atoms with Gasteiger partial charge in [-0.05, 0) is 32.9 Å². The number of hydrogen-bond donors (Lipinski definition) is 1. The van der Waals surface area contributed by atoms with E-state index in [1.54, 1.807) is 51.1 Å². The Labute approximate surface area is 210 Å². The molecular formula is C26H23N3O8. The lowest BCUT2D eigenvalue weighted by molar-refractivity contribution is -0.401. The Morgan fingerprint density at radius 3 is 2.30 bits per heavy atom. The molecule has 0 atom stereocenters. The minimum absolute atomic E-state index is 0.0120. The van der Waals surface area contributed by atoms with E-state index < -0.39 is 34.6 Å². The van der Waals surface area contributed by atoms with Crippen LogP contribution in [-0.4, -0.2) is 40.3 Å². The van der Waals surface area contributed by atoms with E-state index in [2.05, 4.69) is 0 Å². The minimum Gasteiger partial charge on any atom is -0.465 e. The van der Waals surface area contributed by atoms with Gasteiger partial charge in [0.05, 0.1) is 47.1 Å². The number of aryl methyl sites for hydroxylation is 1. The zero-order valence-electron chi connectivity index (χ0n) is 20.4. The second kappa shape index (κ2) is 9.61. The molecule has 4 rings (SSSR count). The van der Waals surface area contributed by atoms with Crippen molar-refractivity contribution < 1.29 is 33.2 Å². The fourth-order valence-electron chi connectivity index (χ4n) is 4.18. The van der Waals surface area contributed by atoms with Crippen LogP contribution in [0.1, 0.15) is 56.2 Å². The zero-order valence-corrected chi connectivity index (χ0v) is 20.4. The molecule has 2 N–H and O–H groups in total. The molecule has 0 aliphatic rings. The van der Waals surface area contributed by atoms with Crippen molar-refractivity contribution in [3.05, 3.63) is 86.6 Å². The maximum atomic E-state index is 13.3. The Bertz CT molecular complexity index is 1560. The van der Waals surface area contributed by atoms with E-state index in [9.17, 15) is 24.5 Å². The van der Waals surface area contributed by atoms with Crippen molar-refractivity contribution in [3.8, 4) is 11.3 Å². The number of rotatable bonds is 7. The van der Waals surface area contributed by atoms with E-state index in [1.807, 2.05) is 0 Å². The molecule has 0 aliphatic heterocycles. The highest BCUT2D eigenvalue weighted by molar-refractivity contribution is 6.16. The van der Waals surface area contributed by atoms with Gasteiger partial charge in [0.25, 0.3) is 0 Å². The summed E-state index contributed by atoms with van der Waals surface area (Å²) in [5.41, 5.74) is 6.88. The monoisotopic (exact) mass is 505 g/mol. The summed E-state index contributed by atoms with van der Waals surface area (Å²) in [7, 11) is 1.14. The van der Waals surface area contributed by atoms with Crippen LogP contribution < -0.4 is 5.73 Å². The van der Waals surface area contributed by atoms with Crippen LogP contribution in [0.4, 0.5) is 11.7 Å². The molecule has 1 aromatic carbocycles. The first kappa shape index (κ1) is 25.2. The molecule has 37 heavy (non-hydrogen) atoms. The number of pyridine rings is 1. The maximum absolute atomic E-state index is 13.3. The van der Waals surface area contributed by atoms with Gasteiger partial charge in [0.2, 0.25) is 0 Å². The molecule has 4 aromatic rings. The lowest BCUT2D eigenvalue weighted by Crippen LogP contribution is -2.19. The first-order chi connectivity index (χ1) is 17.6. The number of esters is 2. The lowest BCUT2D eigenvalue weighted by Gasteiger charge is -2.18. The topological polar surface area (TPSA) is 156 Å². The average Bonchev–Trinajstić information content (AvgIpc) is 3.48. The van der Waals surface area contributed by atoms with Crippen LogP contribution in [0.5, 0.6) is 0 Å². The van der Waals surface area contributed by atoms with Crippen molar-refractivity contribution in [2.75, 3.05) is 12.8 Å². The van der Waals surface area contributed by atoms with Crippen molar-refractivity contribution in [2.24, 2.45) is 0 Å². The van der Waals surface area contributed by atoms with Crippen LogP contribution in [0.2, 0.25) is 0 Å². The molecule has 3 heterocycles. The quantitative estimate of drug-likeness (QED) is 0.164.